The van der Waals surface area contributed by atoms with Gasteiger partial charge in [0.2, 0.25) is 5.95 Å². The lowest BCUT2D eigenvalue weighted by molar-refractivity contribution is 0.120. The summed E-state index contributed by atoms with van der Waals surface area (Å²) < 4.78 is 26.6. The zero-order chi connectivity index (χ0) is 22.1. The molecule has 2 aromatic carbocycles. The Balaban J connectivity index is 1.67. The molecule has 1 atom stereocenters. The summed E-state index contributed by atoms with van der Waals surface area (Å²) in [5.41, 5.74) is 8.73. The van der Waals surface area contributed by atoms with E-state index in [2.05, 4.69) is 15.4 Å². The Morgan fingerprint density at radius 1 is 1.22 bits per heavy atom. The van der Waals surface area contributed by atoms with Crippen LogP contribution in [-0.2, 0) is 4.74 Å². The van der Waals surface area contributed by atoms with Gasteiger partial charge in [-0.2, -0.15) is 4.98 Å². The first-order chi connectivity index (χ1) is 15.6. The molecule has 32 heavy (non-hydrogen) atoms. The number of fused-ring (bicyclic) bond motifs is 1. The summed E-state index contributed by atoms with van der Waals surface area (Å²) in [7, 11) is 1.60. The van der Waals surface area contributed by atoms with Crippen molar-refractivity contribution >= 4 is 22.8 Å². The molecule has 3 N–H and O–H groups in total. The molecule has 1 saturated heterocycles. The van der Waals surface area contributed by atoms with Crippen LogP contribution in [0.15, 0.2) is 48.5 Å². The molecular weight excluding hydrogens is 411 g/mol. The second-order valence-electron chi connectivity index (χ2n) is 7.59. The van der Waals surface area contributed by atoms with Crippen molar-refractivity contribution in [2.75, 3.05) is 31.3 Å². The molecule has 5 rings (SSSR count). The van der Waals surface area contributed by atoms with E-state index in [1.807, 2.05) is 24.3 Å². The highest BCUT2D eigenvalue weighted by Crippen LogP contribution is 2.37. The number of aromatic nitrogens is 4. The zero-order valence-corrected chi connectivity index (χ0v) is 17.6. The quantitative estimate of drug-likeness (QED) is 0.476. The van der Waals surface area contributed by atoms with Crippen LogP contribution in [0.1, 0.15) is 12.8 Å². The molecule has 0 spiro atoms. The van der Waals surface area contributed by atoms with Gasteiger partial charge in [0.1, 0.15) is 17.4 Å². The number of rotatable bonds is 6. The van der Waals surface area contributed by atoms with Crippen molar-refractivity contribution in [1.82, 2.24) is 19.7 Å². The van der Waals surface area contributed by atoms with Gasteiger partial charge in [-0.05, 0) is 43.2 Å². The molecule has 164 valence electrons. The van der Waals surface area contributed by atoms with Crippen molar-refractivity contribution in [2.45, 2.75) is 18.9 Å². The minimum atomic E-state index is -0.378. The maximum Gasteiger partial charge on any atom is 0.225 e. The maximum absolute atomic E-state index is 13.8. The molecule has 2 aromatic heterocycles. The predicted molar refractivity (Wildman–Crippen MR) is 120 cm³/mol. The number of nitrogens with two attached hydrogens (primary N) is 1. The SMILES string of the molecule is COc1ccccc1-c1nc(NC[C@H]2CCCO2)nc2nn(-c3cccc(F)c3)c(N)c12. The van der Waals surface area contributed by atoms with Crippen LogP contribution in [0.4, 0.5) is 16.2 Å². The van der Waals surface area contributed by atoms with Crippen molar-refractivity contribution in [3.8, 4) is 22.7 Å². The summed E-state index contributed by atoms with van der Waals surface area (Å²) in [6, 6.07) is 13.6. The maximum atomic E-state index is 13.8. The molecule has 0 amide bonds. The van der Waals surface area contributed by atoms with E-state index in [4.69, 9.17) is 20.2 Å². The normalized spacial score (nSPS) is 15.9. The van der Waals surface area contributed by atoms with Gasteiger partial charge >= 0.3 is 0 Å². The monoisotopic (exact) mass is 434 g/mol. The summed E-state index contributed by atoms with van der Waals surface area (Å²) in [6.07, 6.45) is 2.17. The van der Waals surface area contributed by atoms with E-state index in [1.165, 1.54) is 16.8 Å². The summed E-state index contributed by atoms with van der Waals surface area (Å²) in [6.45, 7) is 1.37. The third-order valence-corrected chi connectivity index (χ3v) is 5.50. The Bertz CT molecular complexity index is 1270. The Morgan fingerprint density at radius 2 is 2.09 bits per heavy atom. The predicted octanol–water partition coefficient (Wildman–Crippen LogP) is 3.80. The number of methoxy groups -OCH3 is 1. The summed E-state index contributed by atoms with van der Waals surface area (Å²) in [4.78, 5) is 9.34. The van der Waals surface area contributed by atoms with Crippen molar-refractivity contribution in [3.63, 3.8) is 0 Å². The molecule has 1 aliphatic heterocycles. The number of nitrogen functional groups attached to an aromatic ring is 1. The second-order valence-corrected chi connectivity index (χ2v) is 7.59. The van der Waals surface area contributed by atoms with Gasteiger partial charge in [0, 0.05) is 18.7 Å². The van der Waals surface area contributed by atoms with Crippen LogP contribution in [0.5, 0.6) is 5.75 Å². The number of para-hydroxylation sites is 1. The van der Waals surface area contributed by atoms with Gasteiger partial charge in [-0.1, -0.05) is 18.2 Å². The number of hydrogen-bond acceptors (Lipinski definition) is 7. The van der Waals surface area contributed by atoms with Crippen molar-refractivity contribution in [1.29, 1.82) is 0 Å². The average Bonchev–Trinajstić information content (AvgIpc) is 3.45. The Labute approximate surface area is 184 Å². The van der Waals surface area contributed by atoms with Crippen LogP contribution in [0.25, 0.3) is 28.0 Å². The van der Waals surface area contributed by atoms with Gasteiger partial charge < -0.3 is 20.5 Å². The molecule has 0 unspecified atom stereocenters. The third kappa shape index (κ3) is 3.71. The number of benzene rings is 2. The van der Waals surface area contributed by atoms with Crippen LogP contribution >= 0.6 is 0 Å². The standard InChI is InChI=1S/C23H23FN6O2/c1-31-18-10-3-2-9-17(18)20-19-21(25)30(15-7-4-6-14(24)12-15)29-22(19)28-23(27-20)26-13-16-8-5-11-32-16/h2-4,6-7,9-10,12,16H,5,8,11,13,25H2,1H3,(H,26,28,29)/t16-/m1/s1. The first-order valence-corrected chi connectivity index (χ1v) is 10.4. The van der Waals surface area contributed by atoms with Crippen LogP contribution < -0.4 is 15.8 Å². The van der Waals surface area contributed by atoms with Crippen molar-refractivity contribution in [3.05, 3.63) is 54.3 Å². The second kappa shape index (κ2) is 8.43. The van der Waals surface area contributed by atoms with E-state index >= 15 is 0 Å². The van der Waals surface area contributed by atoms with Crippen LogP contribution in [0, 0.1) is 5.82 Å². The molecule has 1 fully saturated rings. The molecule has 8 nitrogen and oxygen atoms in total. The number of ether oxygens (including phenoxy) is 2. The van der Waals surface area contributed by atoms with Crippen LogP contribution in [0.3, 0.4) is 0 Å². The number of halogens is 1. The highest BCUT2D eigenvalue weighted by Gasteiger charge is 2.22. The fourth-order valence-corrected chi connectivity index (χ4v) is 3.94. The average molecular weight is 434 g/mol. The molecule has 9 heteroatoms. The minimum Gasteiger partial charge on any atom is -0.496 e. The lowest BCUT2D eigenvalue weighted by atomic mass is 10.1. The van der Waals surface area contributed by atoms with Gasteiger partial charge in [-0.15, -0.1) is 5.10 Å². The molecule has 0 saturated carbocycles. The molecule has 0 aliphatic carbocycles. The van der Waals surface area contributed by atoms with Gasteiger partial charge in [-0.25, -0.2) is 14.1 Å². The molecule has 0 radical (unpaired) electrons. The molecule has 3 heterocycles. The van der Waals surface area contributed by atoms with E-state index in [0.29, 0.717) is 46.5 Å². The zero-order valence-electron chi connectivity index (χ0n) is 17.6. The first-order valence-electron chi connectivity index (χ1n) is 10.4. The Morgan fingerprint density at radius 3 is 2.88 bits per heavy atom. The molecule has 4 aromatic rings. The molecule has 1 aliphatic rings. The van der Waals surface area contributed by atoms with Gasteiger partial charge in [0.15, 0.2) is 5.65 Å². The first kappa shape index (κ1) is 20.2. The Kier molecular flexibility index (Phi) is 5.32. The third-order valence-electron chi connectivity index (χ3n) is 5.50. The lowest BCUT2D eigenvalue weighted by Gasteiger charge is -2.13. The summed E-state index contributed by atoms with van der Waals surface area (Å²) in [5.74, 6) is 1.00. The van der Waals surface area contributed by atoms with Crippen LogP contribution in [0.2, 0.25) is 0 Å². The largest absolute Gasteiger partial charge is 0.496 e. The van der Waals surface area contributed by atoms with Crippen LogP contribution in [-0.4, -0.2) is 46.1 Å². The van der Waals surface area contributed by atoms with Crippen molar-refractivity contribution in [2.24, 2.45) is 0 Å². The van der Waals surface area contributed by atoms with E-state index in [0.717, 1.165) is 25.0 Å². The smallest absolute Gasteiger partial charge is 0.225 e. The van der Waals surface area contributed by atoms with Crippen molar-refractivity contribution < 1.29 is 13.9 Å². The van der Waals surface area contributed by atoms with E-state index in [-0.39, 0.29) is 11.9 Å². The molecule has 0 bridgehead atoms. The summed E-state index contributed by atoms with van der Waals surface area (Å²) in [5, 5.41) is 8.40. The number of hydrogen-bond donors (Lipinski definition) is 2. The van der Waals surface area contributed by atoms with E-state index < -0.39 is 0 Å². The summed E-state index contributed by atoms with van der Waals surface area (Å²) >= 11 is 0. The van der Waals surface area contributed by atoms with E-state index in [1.54, 1.807) is 19.2 Å². The van der Waals surface area contributed by atoms with Gasteiger partial charge in [-0.3, -0.25) is 0 Å². The highest BCUT2D eigenvalue weighted by molar-refractivity contribution is 6.00. The van der Waals surface area contributed by atoms with Gasteiger partial charge in [0.05, 0.1) is 30.0 Å². The molecular formula is C23H23FN6O2. The fraction of sp³-hybridized carbons (Fsp3) is 0.261. The topological polar surface area (TPSA) is 100 Å². The Hall–Kier alpha value is -3.72. The van der Waals surface area contributed by atoms with E-state index in [9.17, 15) is 4.39 Å². The number of nitrogens with one attached hydrogen (secondary N) is 1. The van der Waals surface area contributed by atoms with Gasteiger partial charge in [0.25, 0.3) is 0 Å². The minimum absolute atomic E-state index is 0.124. The fourth-order valence-electron chi connectivity index (χ4n) is 3.94. The highest BCUT2D eigenvalue weighted by atomic mass is 19.1. The number of anilines is 2. The number of nitrogens with zero attached hydrogens (tertiary/aromatic N) is 4. The lowest BCUT2D eigenvalue weighted by Crippen LogP contribution is -2.19.